The maximum Gasteiger partial charge on any atom is 0.228 e. The molecule has 9 nitrogen and oxygen atoms in total. The Morgan fingerprint density at radius 1 is 1.25 bits per heavy atom. The van der Waals surface area contributed by atoms with Gasteiger partial charge in [-0.25, -0.2) is 9.97 Å². The largest absolute Gasteiger partial charge is 0.377 e. The molecule has 1 saturated carbocycles. The molecule has 0 atom stereocenters. The van der Waals surface area contributed by atoms with Gasteiger partial charge in [0.2, 0.25) is 11.7 Å². The number of nitrogens with two attached hydrogens (primary N) is 1. The third kappa shape index (κ3) is 4.32. The van der Waals surface area contributed by atoms with Gasteiger partial charge >= 0.3 is 0 Å². The summed E-state index contributed by atoms with van der Waals surface area (Å²) in [5.74, 6) is 2.86. The van der Waals surface area contributed by atoms with Gasteiger partial charge in [-0.2, -0.15) is 4.98 Å². The molecule has 0 saturated heterocycles. The van der Waals surface area contributed by atoms with Crippen molar-refractivity contribution in [3.63, 3.8) is 0 Å². The summed E-state index contributed by atoms with van der Waals surface area (Å²) >= 11 is 0. The zero-order chi connectivity index (χ0) is 19.3. The molecule has 3 aromatic rings. The summed E-state index contributed by atoms with van der Waals surface area (Å²) in [7, 11) is 1.64. The van der Waals surface area contributed by atoms with Crippen LogP contribution >= 0.6 is 0 Å². The number of pyridine rings is 1. The van der Waals surface area contributed by atoms with Crippen molar-refractivity contribution in [1.82, 2.24) is 25.1 Å². The molecule has 0 aromatic carbocycles. The van der Waals surface area contributed by atoms with Gasteiger partial charge in [-0.05, 0) is 25.0 Å². The van der Waals surface area contributed by atoms with Crippen molar-refractivity contribution in [3.8, 4) is 11.5 Å². The van der Waals surface area contributed by atoms with Crippen LogP contribution in [-0.2, 0) is 17.8 Å². The number of hydrogen-bond acceptors (Lipinski definition) is 9. The average molecular weight is 381 g/mol. The van der Waals surface area contributed by atoms with Crippen LogP contribution in [0.4, 0.5) is 5.82 Å². The first kappa shape index (κ1) is 18.5. The van der Waals surface area contributed by atoms with Crippen molar-refractivity contribution >= 4 is 5.82 Å². The Balaban J connectivity index is 1.38. The second-order valence-electron chi connectivity index (χ2n) is 6.86. The van der Waals surface area contributed by atoms with E-state index in [1.54, 1.807) is 13.3 Å². The lowest BCUT2D eigenvalue weighted by molar-refractivity contribution is 0.177. The molecule has 0 aliphatic heterocycles. The monoisotopic (exact) mass is 381 g/mol. The fraction of sp³-hybridized carbons (Fsp3) is 0.421. The smallest absolute Gasteiger partial charge is 0.228 e. The van der Waals surface area contributed by atoms with Gasteiger partial charge in [0.1, 0.15) is 18.1 Å². The van der Waals surface area contributed by atoms with Crippen LogP contribution in [0.15, 0.2) is 35.0 Å². The number of hydrogen-bond donors (Lipinski definition) is 2. The summed E-state index contributed by atoms with van der Waals surface area (Å²) in [5.41, 5.74) is 7.62. The van der Waals surface area contributed by atoms with Gasteiger partial charge in [-0.15, -0.1) is 0 Å². The SMILES string of the molecule is COCc1nc(NCCc2nc(-c3ccccn3)no2)cc(C2CC(N)C2)n1. The van der Waals surface area contributed by atoms with Gasteiger partial charge in [0, 0.05) is 50.0 Å². The van der Waals surface area contributed by atoms with Crippen molar-refractivity contribution in [3.05, 3.63) is 47.9 Å². The van der Waals surface area contributed by atoms with Crippen molar-refractivity contribution in [1.29, 1.82) is 0 Å². The van der Waals surface area contributed by atoms with E-state index in [0.717, 1.165) is 24.4 Å². The lowest BCUT2D eigenvalue weighted by Crippen LogP contribution is -2.35. The fourth-order valence-electron chi connectivity index (χ4n) is 3.17. The molecule has 1 aliphatic rings. The molecular formula is C19H23N7O2. The highest BCUT2D eigenvalue weighted by atomic mass is 16.5. The molecule has 9 heteroatoms. The fourth-order valence-corrected chi connectivity index (χ4v) is 3.17. The lowest BCUT2D eigenvalue weighted by atomic mass is 9.78. The van der Waals surface area contributed by atoms with Crippen LogP contribution in [0.1, 0.15) is 36.2 Å². The van der Waals surface area contributed by atoms with Gasteiger partial charge < -0.3 is 20.3 Å². The molecule has 0 bridgehead atoms. The van der Waals surface area contributed by atoms with Crippen LogP contribution in [-0.4, -0.2) is 44.8 Å². The van der Waals surface area contributed by atoms with Crippen molar-refractivity contribution in [2.45, 2.75) is 37.8 Å². The van der Waals surface area contributed by atoms with Crippen LogP contribution in [0, 0.1) is 0 Å². The molecule has 1 aliphatic carbocycles. The number of methoxy groups -OCH3 is 1. The van der Waals surface area contributed by atoms with Crippen LogP contribution in [0.2, 0.25) is 0 Å². The van der Waals surface area contributed by atoms with E-state index in [1.165, 1.54) is 0 Å². The summed E-state index contributed by atoms with van der Waals surface area (Å²) in [5, 5.41) is 7.30. The van der Waals surface area contributed by atoms with Crippen molar-refractivity contribution < 1.29 is 9.26 Å². The van der Waals surface area contributed by atoms with Crippen LogP contribution in [0.5, 0.6) is 0 Å². The Kier molecular flexibility index (Phi) is 5.54. The Morgan fingerprint density at radius 3 is 2.89 bits per heavy atom. The first-order chi connectivity index (χ1) is 13.7. The standard InChI is InChI=1S/C19H23N7O2/c1-27-11-17-23-15(12-8-13(20)9-12)10-16(24-17)22-7-5-18-25-19(26-28-18)14-4-2-3-6-21-14/h2-4,6,10,12-13H,5,7-9,11,20H2,1H3,(H,22,23,24). The van der Waals surface area contributed by atoms with Crippen LogP contribution in [0.3, 0.4) is 0 Å². The van der Waals surface area contributed by atoms with Gasteiger partial charge in [0.25, 0.3) is 0 Å². The maximum atomic E-state index is 5.92. The Labute approximate surface area is 162 Å². The molecule has 0 radical (unpaired) electrons. The summed E-state index contributed by atoms with van der Waals surface area (Å²) < 4.78 is 10.5. The van der Waals surface area contributed by atoms with Gasteiger partial charge in [-0.1, -0.05) is 11.2 Å². The molecule has 0 spiro atoms. The summed E-state index contributed by atoms with van der Waals surface area (Å²) in [6, 6.07) is 7.84. The predicted molar refractivity (Wildman–Crippen MR) is 102 cm³/mol. The minimum absolute atomic E-state index is 0.271. The van der Waals surface area contributed by atoms with E-state index >= 15 is 0 Å². The summed E-state index contributed by atoms with van der Waals surface area (Å²) in [6.07, 6.45) is 4.20. The average Bonchev–Trinajstić information content (AvgIpc) is 3.15. The van der Waals surface area contributed by atoms with Crippen LogP contribution < -0.4 is 11.1 Å². The third-order valence-corrected chi connectivity index (χ3v) is 4.67. The molecule has 1 fully saturated rings. The van der Waals surface area contributed by atoms with E-state index in [9.17, 15) is 0 Å². The van der Waals surface area contributed by atoms with Gasteiger partial charge in [0.05, 0.1) is 0 Å². The number of nitrogens with zero attached hydrogens (tertiary/aromatic N) is 5. The second-order valence-corrected chi connectivity index (χ2v) is 6.86. The quantitative estimate of drug-likeness (QED) is 0.602. The zero-order valence-corrected chi connectivity index (χ0v) is 15.7. The molecule has 3 heterocycles. The minimum atomic E-state index is 0.271. The van der Waals surface area contributed by atoms with Gasteiger partial charge in [-0.3, -0.25) is 4.98 Å². The van der Waals surface area contributed by atoms with E-state index in [1.807, 2.05) is 24.3 Å². The third-order valence-electron chi connectivity index (χ3n) is 4.67. The predicted octanol–water partition coefficient (Wildman–Crippen LogP) is 1.93. The van der Waals surface area contributed by atoms with E-state index in [-0.39, 0.29) is 6.04 Å². The number of aromatic nitrogens is 5. The first-order valence-electron chi connectivity index (χ1n) is 9.31. The number of ether oxygens (including phenoxy) is 1. The molecular weight excluding hydrogens is 358 g/mol. The molecule has 0 unspecified atom stereocenters. The van der Waals surface area contributed by atoms with E-state index in [4.69, 9.17) is 15.0 Å². The minimum Gasteiger partial charge on any atom is -0.377 e. The Bertz CT molecular complexity index is 910. The zero-order valence-electron chi connectivity index (χ0n) is 15.7. The molecule has 3 N–H and O–H groups in total. The molecule has 4 rings (SSSR count). The van der Waals surface area contributed by atoms with E-state index in [0.29, 0.717) is 48.7 Å². The Morgan fingerprint density at radius 2 is 2.14 bits per heavy atom. The molecule has 146 valence electrons. The highest BCUT2D eigenvalue weighted by molar-refractivity contribution is 5.47. The van der Waals surface area contributed by atoms with E-state index < -0.39 is 0 Å². The van der Waals surface area contributed by atoms with Crippen molar-refractivity contribution in [2.24, 2.45) is 5.73 Å². The molecule has 3 aromatic heterocycles. The normalized spacial score (nSPS) is 18.6. The number of anilines is 1. The second kappa shape index (κ2) is 8.41. The van der Waals surface area contributed by atoms with Gasteiger partial charge in [0.15, 0.2) is 5.82 Å². The summed E-state index contributed by atoms with van der Waals surface area (Å²) in [4.78, 5) is 17.7. The first-order valence-corrected chi connectivity index (χ1v) is 9.31. The topological polar surface area (TPSA) is 125 Å². The highest BCUT2D eigenvalue weighted by Gasteiger charge is 2.29. The lowest BCUT2D eigenvalue weighted by Gasteiger charge is -2.32. The van der Waals surface area contributed by atoms with Crippen molar-refractivity contribution in [2.75, 3.05) is 19.0 Å². The Hall–Kier alpha value is -2.91. The number of nitrogens with one attached hydrogen (secondary N) is 1. The maximum absolute atomic E-state index is 5.92. The number of rotatable bonds is 8. The molecule has 28 heavy (non-hydrogen) atoms. The highest BCUT2D eigenvalue weighted by Crippen LogP contribution is 2.35. The van der Waals surface area contributed by atoms with Crippen LogP contribution in [0.25, 0.3) is 11.5 Å². The summed E-state index contributed by atoms with van der Waals surface area (Å²) in [6.45, 7) is 0.981. The van der Waals surface area contributed by atoms with E-state index in [2.05, 4.69) is 30.4 Å². The molecule has 0 amide bonds.